The van der Waals surface area contributed by atoms with Gasteiger partial charge in [0.05, 0.1) is 5.56 Å². The van der Waals surface area contributed by atoms with Crippen LogP contribution in [0.1, 0.15) is 23.0 Å². The van der Waals surface area contributed by atoms with Crippen molar-refractivity contribution >= 4 is 6.29 Å². The van der Waals surface area contributed by atoms with E-state index in [4.69, 9.17) is 0 Å². The maximum absolute atomic E-state index is 12.7. The van der Waals surface area contributed by atoms with Gasteiger partial charge in [0.25, 0.3) is 0 Å². The summed E-state index contributed by atoms with van der Waals surface area (Å²) in [6, 6.07) is 3.08. The van der Waals surface area contributed by atoms with Gasteiger partial charge >= 0.3 is 0 Å². The molecule has 0 bridgehead atoms. The second kappa shape index (κ2) is 3.23. The first-order valence-electron chi connectivity index (χ1n) is 3.38. The van der Waals surface area contributed by atoms with Gasteiger partial charge in [-0.15, -0.1) is 0 Å². The van der Waals surface area contributed by atoms with Gasteiger partial charge in [-0.25, -0.2) is 4.98 Å². The lowest BCUT2D eigenvalue weighted by molar-refractivity contribution is 0.111. The summed E-state index contributed by atoms with van der Waals surface area (Å²) in [5.74, 6) is -0.681. The predicted octanol–water partition coefficient (Wildman–Crippen LogP) is 1.60. The van der Waals surface area contributed by atoms with E-state index in [1.165, 1.54) is 6.07 Å². The SMILES string of the molecule is CCc1ccc(C=O)c(F)n1. The number of hydrogen-bond acceptors (Lipinski definition) is 2. The van der Waals surface area contributed by atoms with E-state index in [0.29, 0.717) is 18.4 Å². The molecule has 1 heterocycles. The molecule has 0 aliphatic heterocycles. The van der Waals surface area contributed by atoms with Crippen LogP contribution in [0.25, 0.3) is 0 Å². The van der Waals surface area contributed by atoms with Gasteiger partial charge in [0.15, 0.2) is 6.29 Å². The molecule has 0 aromatic carbocycles. The van der Waals surface area contributed by atoms with Gasteiger partial charge in [-0.05, 0) is 18.6 Å². The fraction of sp³-hybridized carbons (Fsp3) is 0.250. The minimum absolute atomic E-state index is 0.0159. The molecule has 0 aliphatic rings. The molecule has 0 saturated carbocycles. The lowest BCUT2D eigenvalue weighted by atomic mass is 10.2. The number of halogens is 1. The minimum Gasteiger partial charge on any atom is -0.298 e. The molecule has 58 valence electrons. The number of carbonyl (C=O) groups excluding carboxylic acids is 1. The molecule has 0 radical (unpaired) electrons. The molecule has 0 fully saturated rings. The van der Waals surface area contributed by atoms with E-state index in [2.05, 4.69) is 4.98 Å². The molecule has 3 heteroatoms. The van der Waals surface area contributed by atoms with Crippen LogP contribution in [0.4, 0.5) is 4.39 Å². The highest BCUT2D eigenvalue weighted by Gasteiger charge is 2.01. The molecule has 1 aromatic heterocycles. The van der Waals surface area contributed by atoms with Gasteiger partial charge < -0.3 is 0 Å². The standard InChI is InChI=1S/C8H8FNO/c1-2-7-4-3-6(5-11)8(9)10-7/h3-5H,2H2,1H3. The third-order valence-corrected chi connectivity index (χ3v) is 1.42. The van der Waals surface area contributed by atoms with Crippen molar-refractivity contribution in [1.29, 1.82) is 0 Å². The van der Waals surface area contributed by atoms with Crippen LogP contribution >= 0.6 is 0 Å². The Morgan fingerprint density at radius 1 is 1.64 bits per heavy atom. The molecule has 0 spiro atoms. The largest absolute Gasteiger partial charge is 0.298 e. The summed E-state index contributed by atoms with van der Waals surface area (Å²) >= 11 is 0. The van der Waals surface area contributed by atoms with E-state index in [1.54, 1.807) is 6.07 Å². The third-order valence-electron chi connectivity index (χ3n) is 1.42. The van der Waals surface area contributed by atoms with Gasteiger partial charge in [-0.3, -0.25) is 4.79 Å². The van der Waals surface area contributed by atoms with Crippen molar-refractivity contribution in [2.24, 2.45) is 0 Å². The van der Waals surface area contributed by atoms with Crippen molar-refractivity contribution in [3.05, 3.63) is 29.3 Å². The molecular formula is C8H8FNO. The van der Waals surface area contributed by atoms with Crippen LogP contribution in [-0.2, 0) is 6.42 Å². The Kier molecular flexibility index (Phi) is 2.31. The number of nitrogens with zero attached hydrogens (tertiary/aromatic N) is 1. The molecule has 1 aromatic rings. The summed E-state index contributed by atoms with van der Waals surface area (Å²) in [4.78, 5) is 13.7. The minimum atomic E-state index is -0.681. The average Bonchev–Trinajstić information content (AvgIpc) is 2.04. The topological polar surface area (TPSA) is 30.0 Å². The van der Waals surface area contributed by atoms with Crippen molar-refractivity contribution in [1.82, 2.24) is 4.98 Å². The normalized spacial score (nSPS) is 9.64. The maximum Gasteiger partial charge on any atom is 0.223 e. The van der Waals surface area contributed by atoms with Crippen LogP contribution in [0.3, 0.4) is 0 Å². The van der Waals surface area contributed by atoms with E-state index < -0.39 is 5.95 Å². The van der Waals surface area contributed by atoms with Crippen molar-refractivity contribution in [3.8, 4) is 0 Å². The Morgan fingerprint density at radius 2 is 2.36 bits per heavy atom. The molecule has 1 rings (SSSR count). The number of hydrogen-bond donors (Lipinski definition) is 0. The molecule has 11 heavy (non-hydrogen) atoms. The van der Waals surface area contributed by atoms with Crippen LogP contribution in [0.5, 0.6) is 0 Å². The Labute approximate surface area is 64.1 Å². The third kappa shape index (κ3) is 1.61. The second-order valence-corrected chi connectivity index (χ2v) is 2.15. The highest BCUT2D eigenvalue weighted by atomic mass is 19.1. The summed E-state index contributed by atoms with van der Waals surface area (Å²) in [6.45, 7) is 1.88. The number of aryl methyl sites for hydroxylation is 1. The monoisotopic (exact) mass is 153 g/mol. The smallest absolute Gasteiger partial charge is 0.223 e. The first-order valence-corrected chi connectivity index (χ1v) is 3.38. The molecule has 0 unspecified atom stereocenters. The first kappa shape index (κ1) is 7.85. The molecule has 0 N–H and O–H groups in total. The summed E-state index contributed by atoms with van der Waals surface area (Å²) in [7, 11) is 0. The van der Waals surface area contributed by atoms with Gasteiger partial charge in [0.2, 0.25) is 5.95 Å². The second-order valence-electron chi connectivity index (χ2n) is 2.15. The highest BCUT2D eigenvalue weighted by molar-refractivity contribution is 5.74. The van der Waals surface area contributed by atoms with Gasteiger partial charge in [-0.2, -0.15) is 4.39 Å². The predicted molar refractivity (Wildman–Crippen MR) is 39.0 cm³/mol. The average molecular weight is 153 g/mol. The summed E-state index contributed by atoms with van der Waals surface area (Å²) in [5, 5.41) is 0. The van der Waals surface area contributed by atoms with E-state index in [0.717, 1.165) is 0 Å². The van der Waals surface area contributed by atoms with Crippen LogP contribution in [-0.4, -0.2) is 11.3 Å². The fourth-order valence-corrected chi connectivity index (χ4v) is 0.767. The maximum atomic E-state index is 12.7. The van der Waals surface area contributed by atoms with Crippen molar-refractivity contribution in [2.45, 2.75) is 13.3 Å². The zero-order valence-corrected chi connectivity index (χ0v) is 6.17. The lowest BCUT2D eigenvalue weighted by Crippen LogP contribution is -1.95. The van der Waals surface area contributed by atoms with Crippen molar-refractivity contribution in [3.63, 3.8) is 0 Å². The molecule has 2 nitrogen and oxygen atoms in total. The quantitative estimate of drug-likeness (QED) is 0.477. The molecular weight excluding hydrogens is 145 g/mol. The zero-order valence-electron chi connectivity index (χ0n) is 6.17. The lowest BCUT2D eigenvalue weighted by Gasteiger charge is -1.96. The number of carbonyl (C=O) groups is 1. The van der Waals surface area contributed by atoms with Crippen LogP contribution in [0, 0.1) is 5.95 Å². The summed E-state index contributed by atoms with van der Waals surface area (Å²) in [5.41, 5.74) is 0.676. The fourth-order valence-electron chi connectivity index (χ4n) is 0.767. The van der Waals surface area contributed by atoms with Gasteiger partial charge in [0, 0.05) is 5.69 Å². The number of aldehydes is 1. The Balaban J connectivity index is 3.09. The first-order chi connectivity index (χ1) is 5.27. The molecule has 0 aliphatic carbocycles. The molecule has 0 amide bonds. The van der Waals surface area contributed by atoms with Gasteiger partial charge in [0.1, 0.15) is 0 Å². The Hall–Kier alpha value is -1.25. The Bertz CT molecular complexity index is 273. The number of pyridine rings is 1. The van der Waals surface area contributed by atoms with Crippen molar-refractivity contribution in [2.75, 3.05) is 0 Å². The molecule has 0 atom stereocenters. The van der Waals surface area contributed by atoms with Crippen LogP contribution < -0.4 is 0 Å². The molecule has 0 saturated heterocycles. The van der Waals surface area contributed by atoms with Gasteiger partial charge in [-0.1, -0.05) is 6.92 Å². The highest BCUT2D eigenvalue weighted by Crippen LogP contribution is 2.03. The van der Waals surface area contributed by atoms with E-state index in [-0.39, 0.29) is 5.56 Å². The number of aromatic nitrogens is 1. The Morgan fingerprint density at radius 3 is 2.82 bits per heavy atom. The summed E-state index contributed by atoms with van der Waals surface area (Å²) in [6.07, 6.45) is 1.14. The van der Waals surface area contributed by atoms with E-state index >= 15 is 0 Å². The van der Waals surface area contributed by atoms with E-state index in [1.807, 2.05) is 6.92 Å². The van der Waals surface area contributed by atoms with Crippen molar-refractivity contribution < 1.29 is 9.18 Å². The van der Waals surface area contributed by atoms with E-state index in [9.17, 15) is 9.18 Å². The zero-order chi connectivity index (χ0) is 8.27. The number of rotatable bonds is 2. The van der Waals surface area contributed by atoms with Crippen LogP contribution in [0.15, 0.2) is 12.1 Å². The van der Waals surface area contributed by atoms with Crippen LogP contribution in [0.2, 0.25) is 0 Å². The summed E-state index contributed by atoms with van der Waals surface area (Å²) < 4.78 is 12.7.